The van der Waals surface area contributed by atoms with Gasteiger partial charge in [0.05, 0.1) is 7.11 Å². The topological polar surface area (TPSA) is 53.5 Å². The summed E-state index contributed by atoms with van der Waals surface area (Å²) in [4.78, 5) is 13.4. The summed E-state index contributed by atoms with van der Waals surface area (Å²) < 4.78 is 5.14. The summed E-state index contributed by atoms with van der Waals surface area (Å²) in [5.74, 6) is 1.25. The van der Waals surface area contributed by atoms with Gasteiger partial charge in [-0.25, -0.2) is 4.98 Å². The first-order chi connectivity index (χ1) is 9.17. The fourth-order valence-corrected chi connectivity index (χ4v) is 2.12. The van der Waals surface area contributed by atoms with Crippen LogP contribution in [0.2, 0.25) is 0 Å². The van der Waals surface area contributed by atoms with Gasteiger partial charge in [0.1, 0.15) is 0 Å². The summed E-state index contributed by atoms with van der Waals surface area (Å²) >= 11 is 0. The Labute approximate surface area is 114 Å². The van der Waals surface area contributed by atoms with E-state index < -0.39 is 0 Å². The lowest BCUT2D eigenvalue weighted by atomic mass is 10.3. The number of methoxy groups -OCH3 is 1. The molecule has 6 nitrogen and oxygen atoms in total. The van der Waals surface area contributed by atoms with Crippen LogP contribution in [0.25, 0.3) is 0 Å². The van der Waals surface area contributed by atoms with E-state index in [2.05, 4.69) is 32.1 Å². The minimum absolute atomic E-state index is 0.606. The van der Waals surface area contributed by atoms with E-state index >= 15 is 0 Å². The van der Waals surface area contributed by atoms with Gasteiger partial charge in [0.25, 0.3) is 0 Å². The van der Waals surface area contributed by atoms with Gasteiger partial charge < -0.3 is 15.0 Å². The molecule has 0 spiro atoms. The molecule has 0 bridgehead atoms. The molecule has 0 unspecified atom stereocenters. The minimum Gasteiger partial charge on any atom is -0.481 e. The monoisotopic (exact) mass is 265 g/mol. The van der Waals surface area contributed by atoms with Gasteiger partial charge in [0.15, 0.2) is 0 Å². The highest BCUT2D eigenvalue weighted by Crippen LogP contribution is 2.10. The fraction of sp³-hybridized carbons (Fsp3) is 0.692. The third-order valence-electron chi connectivity index (χ3n) is 3.35. The Kier molecular flexibility index (Phi) is 4.93. The molecule has 6 heteroatoms. The molecule has 1 aromatic rings. The van der Waals surface area contributed by atoms with Crippen molar-refractivity contribution in [2.45, 2.75) is 6.92 Å². The van der Waals surface area contributed by atoms with Crippen molar-refractivity contribution in [3.63, 3.8) is 0 Å². The zero-order chi connectivity index (χ0) is 13.7. The zero-order valence-electron chi connectivity index (χ0n) is 12.0. The van der Waals surface area contributed by atoms with Crippen LogP contribution in [0.4, 0.5) is 5.95 Å². The predicted molar refractivity (Wildman–Crippen MR) is 75.7 cm³/mol. The van der Waals surface area contributed by atoms with E-state index in [1.807, 2.05) is 13.0 Å². The number of ether oxygens (including phenoxy) is 1. The van der Waals surface area contributed by atoms with Crippen molar-refractivity contribution in [2.75, 3.05) is 58.7 Å². The molecule has 2 heterocycles. The molecule has 1 aliphatic heterocycles. The number of aryl methyl sites for hydroxylation is 1. The van der Waals surface area contributed by atoms with Crippen LogP contribution < -0.4 is 10.1 Å². The van der Waals surface area contributed by atoms with Gasteiger partial charge in [-0.3, -0.25) is 4.90 Å². The van der Waals surface area contributed by atoms with Crippen LogP contribution in [0.15, 0.2) is 6.07 Å². The number of hydrogen-bond donors (Lipinski definition) is 1. The van der Waals surface area contributed by atoms with Gasteiger partial charge in [-0.2, -0.15) is 4.98 Å². The van der Waals surface area contributed by atoms with Crippen LogP contribution in [0.1, 0.15) is 5.69 Å². The Morgan fingerprint density at radius 2 is 2.00 bits per heavy atom. The Balaban J connectivity index is 1.77. The summed E-state index contributed by atoms with van der Waals surface area (Å²) in [5, 5.41) is 3.26. The molecule has 2 rings (SSSR count). The maximum absolute atomic E-state index is 5.14. The molecule has 0 aromatic carbocycles. The van der Waals surface area contributed by atoms with E-state index in [1.54, 1.807) is 7.11 Å². The SMILES string of the molecule is COc1cc(C)nc(NCCN2CCN(C)CC2)n1. The molecule has 1 N–H and O–H groups in total. The van der Waals surface area contributed by atoms with Crippen LogP contribution in [0.5, 0.6) is 5.88 Å². The van der Waals surface area contributed by atoms with Crippen molar-refractivity contribution in [3.05, 3.63) is 11.8 Å². The number of likely N-dealkylation sites (N-methyl/N-ethyl adjacent to an activating group) is 1. The molecule has 1 saturated heterocycles. The highest BCUT2D eigenvalue weighted by Gasteiger charge is 2.13. The van der Waals surface area contributed by atoms with Crippen LogP contribution in [-0.4, -0.2) is 73.2 Å². The molecule has 0 amide bonds. The third-order valence-corrected chi connectivity index (χ3v) is 3.35. The van der Waals surface area contributed by atoms with Crippen LogP contribution >= 0.6 is 0 Å². The van der Waals surface area contributed by atoms with Crippen molar-refractivity contribution in [1.29, 1.82) is 0 Å². The normalized spacial score (nSPS) is 17.4. The van der Waals surface area contributed by atoms with E-state index in [-0.39, 0.29) is 0 Å². The average Bonchev–Trinajstić information content (AvgIpc) is 2.40. The molecule has 1 fully saturated rings. The van der Waals surface area contributed by atoms with Crippen LogP contribution in [-0.2, 0) is 0 Å². The maximum Gasteiger partial charge on any atom is 0.226 e. The quantitative estimate of drug-likeness (QED) is 0.834. The number of hydrogen-bond acceptors (Lipinski definition) is 6. The van der Waals surface area contributed by atoms with E-state index in [0.717, 1.165) is 45.0 Å². The number of piperazine rings is 1. The van der Waals surface area contributed by atoms with Gasteiger partial charge >= 0.3 is 0 Å². The highest BCUT2D eigenvalue weighted by molar-refractivity contribution is 5.30. The Bertz CT molecular complexity index is 404. The first-order valence-corrected chi connectivity index (χ1v) is 6.72. The van der Waals surface area contributed by atoms with Crippen molar-refractivity contribution >= 4 is 5.95 Å². The molecular formula is C13H23N5O. The Morgan fingerprint density at radius 3 is 2.68 bits per heavy atom. The zero-order valence-corrected chi connectivity index (χ0v) is 12.0. The summed E-state index contributed by atoms with van der Waals surface area (Å²) in [5.41, 5.74) is 0.911. The second kappa shape index (κ2) is 6.68. The molecule has 1 aliphatic rings. The second-order valence-electron chi connectivity index (χ2n) is 4.95. The van der Waals surface area contributed by atoms with Crippen molar-refractivity contribution < 1.29 is 4.74 Å². The number of nitrogens with zero attached hydrogens (tertiary/aromatic N) is 4. The summed E-state index contributed by atoms with van der Waals surface area (Å²) in [6, 6.07) is 1.83. The Morgan fingerprint density at radius 1 is 1.26 bits per heavy atom. The molecule has 0 saturated carbocycles. The van der Waals surface area contributed by atoms with Crippen LogP contribution in [0.3, 0.4) is 0 Å². The molecule has 0 aliphatic carbocycles. The van der Waals surface area contributed by atoms with Gasteiger partial charge in [0.2, 0.25) is 11.8 Å². The number of rotatable bonds is 5. The lowest BCUT2D eigenvalue weighted by molar-refractivity contribution is 0.158. The molecule has 106 valence electrons. The lowest BCUT2D eigenvalue weighted by Crippen LogP contribution is -2.45. The number of nitrogens with one attached hydrogen (secondary N) is 1. The first kappa shape index (κ1) is 14.0. The summed E-state index contributed by atoms with van der Waals surface area (Å²) in [6.07, 6.45) is 0. The van der Waals surface area contributed by atoms with Gasteiger partial charge in [-0.1, -0.05) is 0 Å². The summed E-state index contributed by atoms with van der Waals surface area (Å²) in [7, 11) is 3.79. The number of aromatic nitrogens is 2. The number of anilines is 1. The van der Waals surface area contributed by atoms with E-state index in [0.29, 0.717) is 11.8 Å². The standard InChI is InChI=1S/C13H23N5O/c1-11-10-12(19-3)16-13(15-11)14-4-5-18-8-6-17(2)7-9-18/h10H,4-9H2,1-3H3,(H,14,15,16). The molecule has 0 atom stereocenters. The largest absolute Gasteiger partial charge is 0.481 e. The average molecular weight is 265 g/mol. The molecule has 0 radical (unpaired) electrons. The van der Waals surface area contributed by atoms with E-state index in [1.165, 1.54) is 0 Å². The van der Waals surface area contributed by atoms with Crippen molar-refractivity contribution in [2.24, 2.45) is 0 Å². The molecular weight excluding hydrogens is 242 g/mol. The summed E-state index contributed by atoms with van der Waals surface area (Å²) in [6.45, 7) is 8.38. The van der Waals surface area contributed by atoms with Crippen molar-refractivity contribution in [3.8, 4) is 5.88 Å². The van der Waals surface area contributed by atoms with Gasteiger partial charge in [-0.15, -0.1) is 0 Å². The molecule has 1 aromatic heterocycles. The van der Waals surface area contributed by atoms with Gasteiger partial charge in [0, 0.05) is 51.0 Å². The smallest absolute Gasteiger partial charge is 0.226 e. The van der Waals surface area contributed by atoms with Gasteiger partial charge in [-0.05, 0) is 14.0 Å². The Hall–Kier alpha value is -1.40. The third kappa shape index (κ3) is 4.33. The minimum atomic E-state index is 0.606. The van der Waals surface area contributed by atoms with E-state index in [4.69, 9.17) is 4.74 Å². The van der Waals surface area contributed by atoms with Crippen LogP contribution in [0, 0.1) is 6.92 Å². The molecule has 19 heavy (non-hydrogen) atoms. The lowest BCUT2D eigenvalue weighted by Gasteiger charge is -2.32. The van der Waals surface area contributed by atoms with E-state index in [9.17, 15) is 0 Å². The highest BCUT2D eigenvalue weighted by atomic mass is 16.5. The predicted octanol–water partition coefficient (Wildman–Crippen LogP) is 0.453. The second-order valence-corrected chi connectivity index (χ2v) is 4.95. The fourth-order valence-electron chi connectivity index (χ4n) is 2.12. The first-order valence-electron chi connectivity index (χ1n) is 6.72. The van der Waals surface area contributed by atoms with Crippen molar-refractivity contribution in [1.82, 2.24) is 19.8 Å². The maximum atomic E-state index is 5.14.